The maximum absolute atomic E-state index is 9.62. The number of carboxylic acids is 1. The number of aliphatic carboxylic acids is 1. The summed E-state index contributed by atoms with van der Waals surface area (Å²) in [5.41, 5.74) is 2.15. The van der Waals surface area contributed by atoms with Crippen molar-refractivity contribution in [3.63, 3.8) is 0 Å². The zero-order chi connectivity index (χ0) is 5.70. The van der Waals surface area contributed by atoms with Crippen molar-refractivity contribution in [1.29, 1.82) is 0 Å². The standard InChI is InChI=1S/C3H7NO3.ClH/c1-7-4-2-3(5)6;/h4H,2H2,1H3,(H,5,6);1H. The highest BCUT2D eigenvalue weighted by Crippen LogP contribution is 1.56. The van der Waals surface area contributed by atoms with Crippen molar-refractivity contribution >= 4 is 18.4 Å². The van der Waals surface area contributed by atoms with E-state index in [2.05, 4.69) is 10.3 Å². The number of carbonyl (C=O) groups is 1. The molecule has 0 radical (unpaired) electrons. The number of hydrogen-bond acceptors (Lipinski definition) is 3. The summed E-state index contributed by atoms with van der Waals surface area (Å²) >= 11 is 0. The zero-order valence-electron chi connectivity index (χ0n) is 4.38. The molecule has 0 aliphatic rings. The van der Waals surface area contributed by atoms with Gasteiger partial charge in [-0.05, 0) is 0 Å². The first-order valence-corrected chi connectivity index (χ1v) is 1.75. The summed E-state index contributed by atoms with van der Waals surface area (Å²) in [5, 5.41) is 7.90. The molecule has 0 heterocycles. The molecule has 0 aromatic carbocycles. The smallest absolute Gasteiger partial charge is 0.319 e. The molecular formula is C3H8ClNO3. The van der Waals surface area contributed by atoms with Crippen LogP contribution in [0, 0.1) is 0 Å². The number of hydrogen-bond donors (Lipinski definition) is 2. The Balaban J connectivity index is 0. The van der Waals surface area contributed by atoms with Crippen LogP contribution in [0.3, 0.4) is 0 Å². The number of hydroxylamine groups is 1. The normalized spacial score (nSPS) is 7.62. The van der Waals surface area contributed by atoms with Gasteiger partial charge in [-0.2, -0.15) is 5.48 Å². The van der Waals surface area contributed by atoms with Gasteiger partial charge in [-0.3, -0.25) is 4.79 Å². The van der Waals surface area contributed by atoms with Crippen LogP contribution in [-0.2, 0) is 9.63 Å². The topological polar surface area (TPSA) is 58.6 Å². The Morgan fingerprint density at radius 2 is 2.38 bits per heavy atom. The summed E-state index contributed by atoms with van der Waals surface area (Å²) in [6.07, 6.45) is 0. The van der Waals surface area contributed by atoms with Crippen LogP contribution in [0.15, 0.2) is 0 Å². The Morgan fingerprint density at radius 1 is 1.88 bits per heavy atom. The number of rotatable bonds is 3. The molecule has 2 N–H and O–H groups in total. The van der Waals surface area contributed by atoms with E-state index >= 15 is 0 Å². The minimum atomic E-state index is -0.929. The second kappa shape index (κ2) is 6.68. The van der Waals surface area contributed by atoms with Crippen molar-refractivity contribution in [2.45, 2.75) is 0 Å². The lowest BCUT2D eigenvalue weighted by Crippen LogP contribution is -2.20. The molecule has 0 aromatic rings. The predicted molar refractivity (Wildman–Crippen MR) is 29.9 cm³/mol. The first-order valence-electron chi connectivity index (χ1n) is 1.75. The van der Waals surface area contributed by atoms with Gasteiger partial charge in [0.1, 0.15) is 6.54 Å². The molecule has 0 aliphatic heterocycles. The lowest BCUT2D eigenvalue weighted by atomic mass is 10.7. The van der Waals surface area contributed by atoms with E-state index in [-0.39, 0.29) is 19.0 Å². The quantitative estimate of drug-likeness (QED) is 0.528. The van der Waals surface area contributed by atoms with Crippen molar-refractivity contribution in [3.8, 4) is 0 Å². The molecule has 0 aliphatic carbocycles. The van der Waals surface area contributed by atoms with Crippen LogP contribution in [0.4, 0.5) is 0 Å². The lowest BCUT2D eigenvalue weighted by molar-refractivity contribution is -0.138. The summed E-state index contributed by atoms with van der Waals surface area (Å²) < 4.78 is 0. The summed E-state index contributed by atoms with van der Waals surface area (Å²) in [6.45, 7) is -0.156. The van der Waals surface area contributed by atoms with E-state index in [1.807, 2.05) is 0 Å². The summed E-state index contributed by atoms with van der Waals surface area (Å²) in [4.78, 5) is 13.8. The van der Waals surface area contributed by atoms with Crippen LogP contribution < -0.4 is 5.48 Å². The fourth-order valence-electron chi connectivity index (χ4n) is 0.134. The molecule has 0 bridgehead atoms. The molecule has 8 heavy (non-hydrogen) atoms. The second-order valence-corrected chi connectivity index (χ2v) is 0.919. The summed E-state index contributed by atoms with van der Waals surface area (Å²) in [5.74, 6) is -0.929. The Hall–Kier alpha value is -0.320. The molecule has 50 valence electrons. The second-order valence-electron chi connectivity index (χ2n) is 0.919. The van der Waals surface area contributed by atoms with Gasteiger partial charge < -0.3 is 9.94 Å². The van der Waals surface area contributed by atoms with E-state index < -0.39 is 5.97 Å². The van der Waals surface area contributed by atoms with E-state index in [1.54, 1.807) is 0 Å². The molecule has 0 saturated carbocycles. The Bertz CT molecular complexity index is 67.5. The first kappa shape index (κ1) is 10.6. The molecule has 0 aromatic heterocycles. The minimum Gasteiger partial charge on any atom is -0.480 e. The maximum Gasteiger partial charge on any atom is 0.319 e. The van der Waals surface area contributed by atoms with Crippen LogP contribution in [0.5, 0.6) is 0 Å². The van der Waals surface area contributed by atoms with Crippen molar-refractivity contribution in [1.82, 2.24) is 5.48 Å². The molecule has 0 atom stereocenters. The summed E-state index contributed by atoms with van der Waals surface area (Å²) in [7, 11) is 1.36. The number of halogens is 1. The third kappa shape index (κ3) is 9.19. The molecule has 0 rings (SSSR count). The van der Waals surface area contributed by atoms with E-state index in [4.69, 9.17) is 5.11 Å². The van der Waals surface area contributed by atoms with Gasteiger partial charge in [-0.15, -0.1) is 12.4 Å². The Morgan fingerprint density at radius 3 is 2.50 bits per heavy atom. The van der Waals surface area contributed by atoms with Gasteiger partial charge in [0, 0.05) is 0 Å². The summed E-state index contributed by atoms with van der Waals surface area (Å²) in [6, 6.07) is 0. The van der Waals surface area contributed by atoms with Crippen molar-refractivity contribution < 1.29 is 14.7 Å². The van der Waals surface area contributed by atoms with Crippen LogP contribution >= 0.6 is 12.4 Å². The molecule has 0 spiro atoms. The Kier molecular flexibility index (Phi) is 8.87. The van der Waals surface area contributed by atoms with E-state index in [0.717, 1.165) is 0 Å². The molecule has 0 unspecified atom stereocenters. The predicted octanol–water partition coefficient (Wildman–Crippen LogP) is -0.356. The molecule has 0 saturated heterocycles. The minimum absolute atomic E-state index is 0. The van der Waals surface area contributed by atoms with Crippen molar-refractivity contribution in [2.75, 3.05) is 13.7 Å². The van der Waals surface area contributed by atoms with E-state index in [9.17, 15) is 4.79 Å². The first-order chi connectivity index (χ1) is 3.27. The van der Waals surface area contributed by atoms with E-state index in [0.29, 0.717) is 0 Å². The molecule has 5 heteroatoms. The largest absolute Gasteiger partial charge is 0.480 e. The molecular weight excluding hydrogens is 133 g/mol. The van der Waals surface area contributed by atoms with Gasteiger partial charge in [-0.25, -0.2) is 0 Å². The van der Waals surface area contributed by atoms with Crippen LogP contribution in [0.2, 0.25) is 0 Å². The van der Waals surface area contributed by atoms with Crippen LogP contribution in [-0.4, -0.2) is 24.7 Å². The zero-order valence-corrected chi connectivity index (χ0v) is 5.20. The van der Waals surface area contributed by atoms with Crippen LogP contribution in [0.25, 0.3) is 0 Å². The van der Waals surface area contributed by atoms with Gasteiger partial charge in [0.05, 0.1) is 7.11 Å². The SMILES string of the molecule is CONCC(=O)O.Cl. The fourth-order valence-corrected chi connectivity index (χ4v) is 0.134. The van der Waals surface area contributed by atoms with Crippen molar-refractivity contribution in [3.05, 3.63) is 0 Å². The van der Waals surface area contributed by atoms with Gasteiger partial charge in [0.2, 0.25) is 0 Å². The average Bonchev–Trinajstić information content (AvgIpc) is 1.61. The lowest BCUT2D eigenvalue weighted by Gasteiger charge is -1.91. The van der Waals surface area contributed by atoms with Crippen LogP contribution in [0.1, 0.15) is 0 Å². The third-order valence-corrected chi connectivity index (χ3v) is 0.368. The highest BCUT2D eigenvalue weighted by molar-refractivity contribution is 5.85. The van der Waals surface area contributed by atoms with Crippen molar-refractivity contribution in [2.24, 2.45) is 0 Å². The maximum atomic E-state index is 9.62. The molecule has 0 fully saturated rings. The van der Waals surface area contributed by atoms with E-state index in [1.165, 1.54) is 7.11 Å². The highest BCUT2D eigenvalue weighted by atomic mass is 35.5. The van der Waals surface area contributed by atoms with Gasteiger partial charge in [0.25, 0.3) is 0 Å². The average molecular weight is 142 g/mol. The molecule has 4 nitrogen and oxygen atoms in total. The fraction of sp³-hybridized carbons (Fsp3) is 0.667. The third-order valence-electron chi connectivity index (χ3n) is 0.368. The number of nitrogens with one attached hydrogen (secondary N) is 1. The monoisotopic (exact) mass is 141 g/mol. The highest BCUT2D eigenvalue weighted by Gasteiger charge is 1.89. The molecule has 0 amide bonds. The van der Waals surface area contributed by atoms with Gasteiger partial charge in [0.15, 0.2) is 0 Å². The number of carboxylic acid groups (broad SMARTS) is 1. The van der Waals surface area contributed by atoms with Gasteiger partial charge in [-0.1, -0.05) is 0 Å². The van der Waals surface area contributed by atoms with Gasteiger partial charge >= 0.3 is 5.97 Å². The Labute approximate surface area is 53.2 Å².